The van der Waals surface area contributed by atoms with Crippen molar-refractivity contribution in [1.82, 2.24) is 14.9 Å². The van der Waals surface area contributed by atoms with Gasteiger partial charge in [-0.1, -0.05) is 12.1 Å². The second-order valence-corrected chi connectivity index (χ2v) is 5.78. The lowest BCUT2D eigenvalue weighted by atomic mass is 9.99. The van der Waals surface area contributed by atoms with Gasteiger partial charge in [-0.05, 0) is 41.6 Å². The Morgan fingerprint density at radius 3 is 3.15 bits per heavy atom. The van der Waals surface area contributed by atoms with Crippen LogP contribution in [0, 0.1) is 0 Å². The number of nitrogens with zero attached hydrogens (tertiary/aromatic N) is 2. The summed E-state index contributed by atoms with van der Waals surface area (Å²) in [6.45, 7) is 2.00. The molecule has 0 unspecified atom stereocenters. The van der Waals surface area contributed by atoms with Gasteiger partial charge in [-0.15, -0.1) is 0 Å². The molecule has 0 saturated carbocycles. The van der Waals surface area contributed by atoms with Crippen molar-refractivity contribution in [2.75, 3.05) is 6.54 Å². The third-order valence-corrected chi connectivity index (χ3v) is 4.52. The first-order chi connectivity index (χ1) is 9.93. The number of hydrogen-bond donors (Lipinski definition) is 1. The molecule has 4 rings (SSSR count). The fraction of sp³-hybridized carbons (Fsp3) is 0.188. The van der Waals surface area contributed by atoms with Gasteiger partial charge in [-0.2, -0.15) is 11.3 Å². The summed E-state index contributed by atoms with van der Waals surface area (Å²) in [5.74, 6) is 0. The van der Waals surface area contributed by atoms with Crippen LogP contribution >= 0.6 is 11.3 Å². The van der Waals surface area contributed by atoms with Gasteiger partial charge < -0.3 is 5.32 Å². The van der Waals surface area contributed by atoms with Crippen LogP contribution in [0.1, 0.15) is 11.1 Å². The van der Waals surface area contributed by atoms with Gasteiger partial charge in [-0.3, -0.25) is 4.57 Å². The number of nitrogens with one attached hydrogen (secondary N) is 1. The zero-order chi connectivity index (χ0) is 13.4. The lowest BCUT2D eigenvalue weighted by Gasteiger charge is -2.21. The van der Waals surface area contributed by atoms with Crippen molar-refractivity contribution in [3.05, 3.63) is 58.7 Å². The molecule has 0 bridgehead atoms. The molecule has 3 heterocycles. The van der Waals surface area contributed by atoms with Crippen LogP contribution < -0.4 is 5.32 Å². The molecule has 0 radical (unpaired) electrons. The number of rotatable bonds is 2. The van der Waals surface area contributed by atoms with E-state index in [1.807, 2.05) is 12.5 Å². The third kappa shape index (κ3) is 1.88. The van der Waals surface area contributed by atoms with Gasteiger partial charge in [-0.25, -0.2) is 4.98 Å². The number of hydrogen-bond acceptors (Lipinski definition) is 3. The highest BCUT2D eigenvalue weighted by Crippen LogP contribution is 2.28. The molecular formula is C16H15N3S. The van der Waals surface area contributed by atoms with E-state index in [4.69, 9.17) is 0 Å². The Labute approximate surface area is 121 Å². The maximum atomic E-state index is 4.35. The van der Waals surface area contributed by atoms with Crippen molar-refractivity contribution in [1.29, 1.82) is 0 Å². The highest BCUT2D eigenvalue weighted by molar-refractivity contribution is 7.08. The summed E-state index contributed by atoms with van der Waals surface area (Å²) in [5, 5.41) is 7.74. The van der Waals surface area contributed by atoms with Crippen LogP contribution in [0.25, 0.3) is 16.9 Å². The minimum atomic E-state index is 0.937. The fourth-order valence-corrected chi connectivity index (χ4v) is 3.48. The lowest BCUT2D eigenvalue weighted by molar-refractivity contribution is 0.640. The zero-order valence-corrected chi connectivity index (χ0v) is 11.9. The summed E-state index contributed by atoms with van der Waals surface area (Å²) in [4.78, 5) is 4.35. The molecule has 0 fully saturated rings. The van der Waals surface area contributed by atoms with Crippen LogP contribution in [-0.4, -0.2) is 16.1 Å². The predicted molar refractivity (Wildman–Crippen MR) is 82.3 cm³/mol. The van der Waals surface area contributed by atoms with Crippen molar-refractivity contribution in [3.8, 4) is 16.9 Å². The molecule has 20 heavy (non-hydrogen) atoms. The zero-order valence-electron chi connectivity index (χ0n) is 11.0. The Kier molecular flexibility index (Phi) is 2.90. The minimum absolute atomic E-state index is 0.937. The van der Waals surface area contributed by atoms with E-state index in [2.05, 4.69) is 49.9 Å². The van der Waals surface area contributed by atoms with E-state index in [-0.39, 0.29) is 0 Å². The SMILES string of the molecule is c1cc2c(c(-n3cncc3-c3ccsc3)c1)CNCC2. The molecule has 0 spiro atoms. The Morgan fingerprint density at radius 1 is 1.25 bits per heavy atom. The average molecular weight is 281 g/mol. The Bertz CT molecular complexity index is 728. The minimum Gasteiger partial charge on any atom is -0.312 e. The first-order valence-corrected chi connectivity index (χ1v) is 7.74. The molecule has 0 atom stereocenters. The van der Waals surface area contributed by atoms with E-state index >= 15 is 0 Å². The van der Waals surface area contributed by atoms with E-state index < -0.39 is 0 Å². The third-order valence-electron chi connectivity index (χ3n) is 3.84. The summed E-state index contributed by atoms with van der Waals surface area (Å²) < 4.78 is 2.20. The van der Waals surface area contributed by atoms with Crippen LogP contribution in [0.2, 0.25) is 0 Å². The normalized spacial score (nSPS) is 14.2. The number of benzene rings is 1. The van der Waals surface area contributed by atoms with E-state index in [1.165, 1.54) is 22.4 Å². The van der Waals surface area contributed by atoms with Crippen molar-refractivity contribution in [2.45, 2.75) is 13.0 Å². The Hall–Kier alpha value is -1.91. The number of fused-ring (bicyclic) bond motifs is 1. The molecule has 1 N–H and O–H groups in total. The van der Waals surface area contributed by atoms with Crippen LogP contribution in [0.5, 0.6) is 0 Å². The number of aromatic nitrogens is 2. The standard InChI is InChI=1S/C16H15N3S/c1-2-12-4-6-17-8-14(12)15(3-1)19-11-18-9-16(19)13-5-7-20-10-13/h1-3,5,7,9-11,17H,4,6,8H2. The van der Waals surface area contributed by atoms with Crippen molar-refractivity contribution >= 4 is 11.3 Å². The molecule has 1 aliphatic rings. The topological polar surface area (TPSA) is 29.9 Å². The van der Waals surface area contributed by atoms with Crippen molar-refractivity contribution in [2.24, 2.45) is 0 Å². The summed E-state index contributed by atoms with van der Waals surface area (Å²) in [6.07, 6.45) is 4.96. The van der Waals surface area contributed by atoms with E-state index in [9.17, 15) is 0 Å². The largest absolute Gasteiger partial charge is 0.312 e. The van der Waals surface area contributed by atoms with Gasteiger partial charge in [0.2, 0.25) is 0 Å². The van der Waals surface area contributed by atoms with Crippen LogP contribution in [0.4, 0.5) is 0 Å². The van der Waals surface area contributed by atoms with Crippen molar-refractivity contribution in [3.63, 3.8) is 0 Å². The highest BCUT2D eigenvalue weighted by atomic mass is 32.1. The number of thiophene rings is 1. The van der Waals surface area contributed by atoms with Crippen LogP contribution in [0.3, 0.4) is 0 Å². The predicted octanol–water partition coefficient (Wildman–Crippen LogP) is 3.25. The maximum Gasteiger partial charge on any atom is 0.0997 e. The van der Waals surface area contributed by atoms with Gasteiger partial charge in [0, 0.05) is 17.5 Å². The molecule has 3 nitrogen and oxygen atoms in total. The molecule has 0 amide bonds. The summed E-state index contributed by atoms with van der Waals surface area (Å²) in [6, 6.07) is 8.72. The molecule has 0 aliphatic carbocycles. The van der Waals surface area contributed by atoms with Gasteiger partial charge >= 0.3 is 0 Å². The molecule has 0 saturated heterocycles. The summed E-state index contributed by atoms with van der Waals surface area (Å²) in [5.41, 5.74) is 6.48. The lowest BCUT2D eigenvalue weighted by Crippen LogP contribution is -2.25. The van der Waals surface area contributed by atoms with Gasteiger partial charge in [0.05, 0.1) is 23.9 Å². The second kappa shape index (κ2) is 4.89. The molecular weight excluding hydrogens is 266 g/mol. The summed E-state index contributed by atoms with van der Waals surface area (Å²) in [7, 11) is 0. The molecule has 3 aromatic rings. The fourth-order valence-electron chi connectivity index (χ4n) is 2.83. The maximum absolute atomic E-state index is 4.35. The summed E-state index contributed by atoms with van der Waals surface area (Å²) >= 11 is 1.72. The van der Waals surface area contributed by atoms with E-state index in [0.717, 1.165) is 25.2 Å². The number of imidazole rings is 1. The molecule has 1 aromatic carbocycles. The van der Waals surface area contributed by atoms with Crippen LogP contribution in [-0.2, 0) is 13.0 Å². The monoisotopic (exact) mass is 281 g/mol. The average Bonchev–Trinajstić information content (AvgIpc) is 3.17. The van der Waals surface area contributed by atoms with Crippen LogP contribution in [0.15, 0.2) is 47.5 Å². The molecule has 4 heteroatoms. The Morgan fingerprint density at radius 2 is 2.25 bits per heavy atom. The van der Waals surface area contributed by atoms with E-state index in [0.29, 0.717) is 0 Å². The van der Waals surface area contributed by atoms with E-state index in [1.54, 1.807) is 11.3 Å². The van der Waals surface area contributed by atoms with Gasteiger partial charge in [0.15, 0.2) is 0 Å². The second-order valence-electron chi connectivity index (χ2n) is 5.00. The van der Waals surface area contributed by atoms with Gasteiger partial charge in [0.25, 0.3) is 0 Å². The molecule has 2 aromatic heterocycles. The molecule has 100 valence electrons. The Balaban J connectivity index is 1.89. The first-order valence-electron chi connectivity index (χ1n) is 6.80. The molecule has 1 aliphatic heterocycles. The smallest absolute Gasteiger partial charge is 0.0997 e. The van der Waals surface area contributed by atoms with Gasteiger partial charge in [0.1, 0.15) is 0 Å². The quantitative estimate of drug-likeness (QED) is 0.781. The van der Waals surface area contributed by atoms with Crippen molar-refractivity contribution < 1.29 is 0 Å². The first kappa shape index (κ1) is 11.9. The highest BCUT2D eigenvalue weighted by Gasteiger charge is 2.15.